The van der Waals surface area contributed by atoms with Crippen LogP contribution in [0.4, 0.5) is 0 Å². The maximum atomic E-state index is 6.29. The molecule has 4 nitrogen and oxygen atoms in total. The molecule has 1 aliphatic carbocycles. The van der Waals surface area contributed by atoms with Crippen molar-refractivity contribution < 1.29 is 4.74 Å². The Kier molecular flexibility index (Phi) is 3.24. The van der Waals surface area contributed by atoms with Crippen LogP contribution in [0, 0.1) is 0 Å². The van der Waals surface area contributed by atoms with Crippen molar-refractivity contribution in [3.63, 3.8) is 0 Å². The Labute approximate surface area is 111 Å². The maximum absolute atomic E-state index is 6.29. The van der Waals surface area contributed by atoms with Crippen LogP contribution < -0.4 is 5.73 Å². The number of aromatic nitrogens is 2. The van der Waals surface area contributed by atoms with Crippen LogP contribution in [0.3, 0.4) is 0 Å². The van der Waals surface area contributed by atoms with Crippen LogP contribution >= 0.6 is 11.6 Å². The first-order chi connectivity index (χ1) is 8.81. The smallest absolute Gasteiger partial charge is 0.136 e. The average molecular weight is 266 g/mol. The zero-order chi connectivity index (χ0) is 12.5. The number of ether oxygens (including phenoxy) is 1. The summed E-state index contributed by atoms with van der Waals surface area (Å²) in [6.45, 7) is 1.59. The Hall–Kier alpha value is -1.10. The van der Waals surface area contributed by atoms with Crippen molar-refractivity contribution in [3.8, 4) is 0 Å². The van der Waals surface area contributed by atoms with Crippen molar-refractivity contribution >= 4 is 22.6 Å². The highest BCUT2D eigenvalue weighted by Gasteiger charge is 2.28. The van der Waals surface area contributed by atoms with Gasteiger partial charge in [-0.3, -0.25) is 0 Å². The van der Waals surface area contributed by atoms with Crippen molar-refractivity contribution in [2.75, 3.05) is 13.2 Å². The van der Waals surface area contributed by atoms with Gasteiger partial charge in [0, 0.05) is 12.6 Å². The molecule has 2 N–H and O–H groups in total. The van der Waals surface area contributed by atoms with E-state index in [4.69, 9.17) is 22.1 Å². The fraction of sp³-hybridized carbons (Fsp3) is 0.462. The number of benzene rings is 1. The van der Waals surface area contributed by atoms with E-state index in [0.29, 0.717) is 25.8 Å². The third kappa shape index (κ3) is 2.11. The van der Waals surface area contributed by atoms with E-state index in [1.165, 1.54) is 12.8 Å². The average Bonchev–Trinajstić information content (AvgIpc) is 3.12. The molecule has 18 heavy (non-hydrogen) atoms. The lowest BCUT2D eigenvalue weighted by Crippen LogP contribution is -2.10. The standard InChI is InChI=1S/C13H16ClN3O/c14-10-2-1-3-11-13(10)17(9-4-5-9)12(16-11)8-18-7-6-15/h1-3,9H,4-8,15H2. The van der Waals surface area contributed by atoms with E-state index < -0.39 is 0 Å². The molecule has 1 aromatic heterocycles. The molecule has 2 aromatic rings. The van der Waals surface area contributed by atoms with Crippen LogP contribution in [0.15, 0.2) is 18.2 Å². The predicted molar refractivity (Wildman–Crippen MR) is 71.7 cm³/mol. The van der Waals surface area contributed by atoms with Gasteiger partial charge in [-0.2, -0.15) is 0 Å². The van der Waals surface area contributed by atoms with Crippen LogP contribution in [0.2, 0.25) is 5.02 Å². The third-order valence-electron chi connectivity index (χ3n) is 3.14. The topological polar surface area (TPSA) is 53.1 Å². The SMILES string of the molecule is NCCOCc1nc2cccc(Cl)c2n1C1CC1. The van der Waals surface area contributed by atoms with Crippen LogP contribution in [-0.2, 0) is 11.3 Å². The Bertz CT molecular complexity index is 563. The number of fused-ring (bicyclic) bond motifs is 1. The van der Waals surface area contributed by atoms with Gasteiger partial charge in [0.15, 0.2) is 0 Å². The molecule has 3 rings (SSSR count). The molecule has 96 valence electrons. The van der Waals surface area contributed by atoms with Gasteiger partial charge in [0.25, 0.3) is 0 Å². The lowest BCUT2D eigenvalue weighted by atomic mass is 10.3. The lowest BCUT2D eigenvalue weighted by Gasteiger charge is -2.08. The molecule has 0 unspecified atom stereocenters. The second-order valence-corrected chi connectivity index (χ2v) is 4.99. The third-order valence-corrected chi connectivity index (χ3v) is 3.44. The van der Waals surface area contributed by atoms with E-state index in [0.717, 1.165) is 21.9 Å². The molecule has 0 radical (unpaired) electrons. The molecule has 1 aliphatic rings. The number of hydrogen-bond donors (Lipinski definition) is 1. The fourth-order valence-electron chi connectivity index (χ4n) is 2.23. The first kappa shape index (κ1) is 12.0. The van der Waals surface area contributed by atoms with Crippen molar-refractivity contribution in [1.29, 1.82) is 0 Å². The Morgan fingerprint density at radius 1 is 1.44 bits per heavy atom. The summed E-state index contributed by atoms with van der Waals surface area (Å²) in [5, 5.41) is 0.761. The largest absolute Gasteiger partial charge is 0.372 e. The van der Waals surface area contributed by atoms with Gasteiger partial charge in [-0.25, -0.2) is 4.98 Å². The molecule has 0 spiro atoms. The molecule has 5 heteroatoms. The highest BCUT2D eigenvalue weighted by molar-refractivity contribution is 6.35. The number of nitrogens with two attached hydrogens (primary N) is 1. The second kappa shape index (κ2) is 4.88. The van der Waals surface area contributed by atoms with Crippen LogP contribution in [-0.4, -0.2) is 22.7 Å². The highest BCUT2D eigenvalue weighted by atomic mass is 35.5. The number of nitrogens with zero attached hydrogens (tertiary/aromatic N) is 2. The Morgan fingerprint density at radius 2 is 2.28 bits per heavy atom. The molecule has 0 bridgehead atoms. The summed E-state index contributed by atoms with van der Waals surface area (Å²) >= 11 is 6.29. The van der Waals surface area contributed by atoms with Gasteiger partial charge in [0.1, 0.15) is 12.4 Å². The summed E-state index contributed by atoms with van der Waals surface area (Å²) in [6, 6.07) is 6.37. The lowest BCUT2D eigenvalue weighted by molar-refractivity contribution is 0.120. The first-order valence-electron chi connectivity index (χ1n) is 6.24. The van der Waals surface area contributed by atoms with Crippen molar-refractivity contribution in [1.82, 2.24) is 9.55 Å². The normalized spacial score (nSPS) is 15.4. The zero-order valence-corrected chi connectivity index (χ0v) is 10.9. The number of rotatable bonds is 5. The van der Waals surface area contributed by atoms with Crippen LogP contribution in [0.5, 0.6) is 0 Å². The van der Waals surface area contributed by atoms with Crippen molar-refractivity contribution in [2.45, 2.75) is 25.5 Å². The number of imidazole rings is 1. The molecule has 0 atom stereocenters. The van der Waals surface area contributed by atoms with Crippen LogP contribution in [0.25, 0.3) is 11.0 Å². The van der Waals surface area contributed by atoms with Crippen molar-refractivity contribution in [2.24, 2.45) is 5.73 Å². The summed E-state index contributed by atoms with van der Waals surface area (Å²) in [5.41, 5.74) is 7.41. The molecule has 0 saturated heterocycles. The van der Waals surface area contributed by atoms with Gasteiger partial charge < -0.3 is 15.0 Å². The van der Waals surface area contributed by atoms with Gasteiger partial charge in [0.2, 0.25) is 0 Å². The Morgan fingerprint density at radius 3 is 3.00 bits per heavy atom. The quantitative estimate of drug-likeness (QED) is 0.845. The first-order valence-corrected chi connectivity index (χ1v) is 6.62. The van der Waals surface area contributed by atoms with E-state index in [1.807, 2.05) is 18.2 Å². The van der Waals surface area contributed by atoms with E-state index >= 15 is 0 Å². The van der Waals surface area contributed by atoms with E-state index in [9.17, 15) is 0 Å². The molecule has 1 saturated carbocycles. The molecular weight excluding hydrogens is 250 g/mol. The molecule has 1 aromatic carbocycles. The number of hydrogen-bond acceptors (Lipinski definition) is 3. The summed E-state index contributed by atoms with van der Waals surface area (Å²) in [4.78, 5) is 4.62. The molecule has 1 fully saturated rings. The van der Waals surface area contributed by atoms with Gasteiger partial charge in [-0.1, -0.05) is 17.7 Å². The van der Waals surface area contributed by atoms with Gasteiger partial charge in [-0.05, 0) is 25.0 Å². The van der Waals surface area contributed by atoms with Gasteiger partial charge in [-0.15, -0.1) is 0 Å². The number of para-hydroxylation sites is 1. The Balaban J connectivity index is 2.01. The fourth-order valence-corrected chi connectivity index (χ4v) is 2.49. The van der Waals surface area contributed by atoms with Crippen LogP contribution in [0.1, 0.15) is 24.7 Å². The summed E-state index contributed by atoms with van der Waals surface area (Å²) < 4.78 is 7.74. The van der Waals surface area contributed by atoms with E-state index in [2.05, 4.69) is 9.55 Å². The molecule has 1 heterocycles. The highest BCUT2D eigenvalue weighted by Crippen LogP contribution is 2.40. The molecule has 0 amide bonds. The minimum atomic E-state index is 0.499. The van der Waals surface area contributed by atoms with E-state index in [-0.39, 0.29) is 0 Å². The monoisotopic (exact) mass is 265 g/mol. The van der Waals surface area contributed by atoms with Gasteiger partial charge in [0.05, 0.1) is 22.7 Å². The second-order valence-electron chi connectivity index (χ2n) is 4.58. The predicted octanol–water partition coefficient (Wildman–Crippen LogP) is 2.50. The van der Waals surface area contributed by atoms with Crippen molar-refractivity contribution in [3.05, 3.63) is 29.0 Å². The minimum Gasteiger partial charge on any atom is -0.372 e. The maximum Gasteiger partial charge on any atom is 0.136 e. The number of halogens is 1. The summed E-state index contributed by atoms with van der Waals surface area (Å²) in [5.74, 6) is 0.953. The minimum absolute atomic E-state index is 0.499. The molecule has 0 aliphatic heterocycles. The molecular formula is C13H16ClN3O. The van der Waals surface area contributed by atoms with Gasteiger partial charge >= 0.3 is 0 Å². The summed E-state index contributed by atoms with van der Waals surface area (Å²) in [7, 11) is 0. The zero-order valence-electron chi connectivity index (χ0n) is 10.1. The van der Waals surface area contributed by atoms with E-state index in [1.54, 1.807) is 0 Å². The summed E-state index contributed by atoms with van der Waals surface area (Å²) in [6.07, 6.45) is 2.39.